The molecule has 0 saturated heterocycles. The van der Waals surface area contributed by atoms with Crippen molar-refractivity contribution in [2.45, 2.75) is 20.0 Å². The van der Waals surface area contributed by atoms with Crippen LogP contribution in [0.1, 0.15) is 16.0 Å². The smallest absolute Gasteiger partial charge is 0.234 e. The summed E-state index contributed by atoms with van der Waals surface area (Å²) in [6.07, 6.45) is 0. The SMILES string of the molecule is Cc1ccsc1CN(C)CC(=O)NCc1ccc2c(c1)OCO2. The van der Waals surface area contributed by atoms with Crippen LogP contribution in [0.3, 0.4) is 0 Å². The van der Waals surface area contributed by atoms with Gasteiger partial charge in [-0.2, -0.15) is 0 Å². The predicted molar refractivity (Wildman–Crippen MR) is 89.8 cm³/mol. The van der Waals surface area contributed by atoms with Crippen molar-refractivity contribution in [1.82, 2.24) is 10.2 Å². The molecule has 6 heteroatoms. The quantitative estimate of drug-likeness (QED) is 0.883. The van der Waals surface area contributed by atoms with Crippen LogP contribution in [0.4, 0.5) is 0 Å². The van der Waals surface area contributed by atoms with Crippen LogP contribution in [-0.2, 0) is 17.9 Å². The summed E-state index contributed by atoms with van der Waals surface area (Å²) in [7, 11) is 1.96. The standard InChI is InChI=1S/C17H20N2O3S/c1-12-5-6-23-16(12)9-19(2)10-17(20)18-8-13-3-4-14-15(7-13)22-11-21-14/h3-7H,8-11H2,1-2H3,(H,18,20). The van der Waals surface area contributed by atoms with Gasteiger partial charge < -0.3 is 14.8 Å². The number of carbonyl (C=O) groups is 1. The van der Waals surface area contributed by atoms with E-state index in [0.29, 0.717) is 13.1 Å². The first kappa shape index (κ1) is 15.8. The van der Waals surface area contributed by atoms with E-state index in [0.717, 1.165) is 23.6 Å². The Morgan fingerprint density at radius 2 is 2.13 bits per heavy atom. The second-order valence-corrected chi connectivity index (χ2v) is 6.66. The van der Waals surface area contributed by atoms with Gasteiger partial charge in [0.25, 0.3) is 0 Å². The van der Waals surface area contributed by atoms with Crippen LogP contribution >= 0.6 is 11.3 Å². The summed E-state index contributed by atoms with van der Waals surface area (Å²) in [4.78, 5) is 15.4. The molecule has 1 amide bonds. The molecule has 1 aliphatic rings. The highest BCUT2D eigenvalue weighted by Gasteiger charge is 2.14. The molecule has 5 nitrogen and oxygen atoms in total. The number of carbonyl (C=O) groups excluding carboxylic acids is 1. The average Bonchev–Trinajstić information content (AvgIpc) is 3.14. The fraction of sp³-hybridized carbons (Fsp3) is 0.353. The average molecular weight is 332 g/mol. The maximum absolute atomic E-state index is 12.1. The van der Waals surface area contributed by atoms with Crippen molar-refractivity contribution in [1.29, 1.82) is 0 Å². The zero-order valence-corrected chi connectivity index (χ0v) is 14.1. The lowest BCUT2D eigenvalue weighted by molar-refractivity contribution is -0.122. The zero-order chi connectivity index (χ0) is 16.2. The molecule has 23 heavy (non-hydrogen) atoms. The van der Waals surface area contributed by atoms with Crippen molar-refractivity contribution < 1.29 is 14.3 Å². The van der Waals surface area contributed by atoms with Crippen LogP contribution in [0, 0.1) is 6.92 Å². The summed E-state index contributed by atoms with van der Waals surface area (Å²) in [5.41, 5.74) is 2.28. The van der Waals surface area contributed by atoms with Gasteiger partial charge in [0.1, 0.15) is 0 Å². The van der Waals surface area contributed by atoms with E-state index in [4.69, 9.17) is 9.47 Å². The number of hydrogen-bond donors (Lipinski definition) is 1. The monoisotopic (exact) mass is 332 g/mol. The molecule has 2 aromatic rings. The van der Waals surface area contributed by atoms with Crippen molar-refractivity contribution in [2.24, 2.45) is 0 Å². The highest BCUT2D eigenvalue weighted by Crippen LogP contribution is 2.32. The number of hydrogen-bond acceptors (Lipinski definition) is 5. The molecule has 122 valence electrons. The van der Waals surface area contributed by atoms with E-state index < -0.39 is 0 Å². The molecule has 2 heterocycles. The van der Waals surface area contributed by atoms with Crippen LogP contribution in [-0.4, -0.2) is 31.2 Å². The van der Waals surface area contributed by atoms with E-state index in [1.165, 1.54) is 10.4 Å². The van der Waals surface area contributed by atoms with Gasteiger partial charge in [0, 0.05) is 18.0 Å². The minimum Gasteiger partial charge on any atom is -0.454 e. The fourth-order valence-electron chi connectivity index (χ4n) is 2.42. The van der Waals surface area contributed by atoms with Crippen molar-refractivity contribution in [3.8, 4) is 11.5 Å². The number of benzene rings is 1. The molecule has 1 aliphatic heterocycles. The number of fused-ring (bicyclic) bond motifs is 1. The highest BCUT2D eigenvalue weighted by atomic mass is 32.1. The van der Waals surface area contributed by atoms with Gasteiger partial charge in [0.05, 0.1) is 6.54 Å². The summed E-state index contributed by atoms with van der Waals surface area (Å²) in [6.45, 7) is 4.02. The predicted octanol–water partition coefficient (Wildman–Crippen LogP) is 2.53. The second kappa shape index (κ2) is 7.02. The minimum atomic E-state index is 0.0133. The molecular weight excluding hydrogens is 312 g/mol. The third-order valence-corrected chi connectivity index (χ3v) is 4.73. The molecule has 0 atom stereocenters. The van der Waals surface area contributed by atoms with Crippen molar-refractivity contribution in [3.63, 3.8) is 0 Å². The number of nitrogens with zero attached hydrogens (tertiary/aromatic N) is 1. The van der Waals surface area contributed by atoms with E-state index >= 15 is 0 Å². The minimum absolute atomic E-state index is 0.0133. The second-order valence-electron chi connectivity index (χ2n) is 5.66. The Kier molecular flexibility index (Phi) is 4.83. The van der Waals surface area contributed by atoms with E-state index in [1.54, 1.807) is 11.3 Å². The normalized spacial score (nSPS) is 12.7. The van der Waals surface area contributed by atoms with Gasteiger partial charge in [-0.25, -0.2) is 0 Å². The van der Waals surface area contributed by atoms with Crippen LogP contribution in [0.15, 0.2) is 29.6 Å². The Labute approximate surface area is 139 Å². The maximum atomic E-state index is 12.1. The Hall–Kier alpha value is -2.05. The summed E-state index contributed by atoms with van der Waals surface area (Å²) < 4.78 is 10.6. The summed E-state index contributed by atoms with van der Waals surface area (Å²) in [5.74, 6) is 1.51. The lowest BCUT2D eigenvalue weighted by Crippen LogP contribution is -2.34. The number of ether oxygens (including phenoxy) is 2. The molecule has 1 aromatic carbocycles. The van der Waals surface area contributed by atoms with Gasteiger partial charge in [-0.15, -0.1) is 11.3 Å². The molecule has 0 unspecified atom stereocenters. The van der Waals surface area contributed by atoms with Crippen LogP contribution in [0.5, 0.6) is 11.5 Å². The number of amides is 1. The molecule has 0 spiro atoms. The molecule has 1 aromatic heterocycles. The first-order valence-corrected chi connectivity index (χ1v) is 8.36. The molecule has 0 aliphatic carbocycles. The number of nitrogens with one attached hydrogen (secondary N) is 1. The van der Waals surface area contributed by atoms with Crippen LogP contribution in [0.2, 0.25) is 0 Å². The van der Waals surface area contributed by atoms with Gasteiger partial charge in [-0.05, 0) is 48.7 Å². The van der Waals surface area contributed by atoms with Gasteiger partial charge in [-0.1, -0.05) is 6.07 Å². The zero-order valence-electron chi connectivity index (χ0n) is 13.3. The molecule has 0 saturated carbocycles. The van der Waals surface area contributed by atoms with Crippen LogP contribution < -0.4 is 14.8 Å². The van der Waals surface area contributed by atoms with E-state index in [9.17, 15) is 4.79 Å². The Morgan fingerprint density at radius 1 is 1.30 bits per heavy atom. The molecule has 0 fully saturated rings. The van der Waals surface area contributed by atoms with Gasteiger partial charge >= 0.3 is 0 Å². The van der Waals surface area contributed by atoms with E-state index in [-0.39, 0.29) is 12.7 Å². The van der Waals surface area contributed by atoms with Gasteiger partial charge in [0.2, 0.25) is 12.7 Å². The number of likely N-dealkylation sites (N-methyl/N-ethyl adjacent to an activating group) is 1. The first-order valence-electron chi connectivity index (χ1n) is 7.48. The maximum Gasteiger partial charge on any atom is 0.234 e. The van der Waals surface area contributed by atoms with Gasteiger partial charge in [-0.3, -0.25) is 9.69 Å². The van der Waals surface area contributed by atoms with E-state index in [1.807, 2.05) is 30.1 Å². The van der Waals surface area contributed by atoms with E-state index in [2.05, 4.69) is 23.7 Å². The van der Waals surface area contributed by atoms with Crippen LogP contribution in [0.25, 0.3) is 0 Å². The molecule has 0 radical (unpaired) electrons. The van der Waals surface area contributed by atoms with Gasteiger partial charge in [0.15, 0.2) is 11.5 Å². The fourth-order valence-corrected chi connectivity index (χ4v) is 3.41. The lowest BCUT2D eigenvalue weighted by Gasteiger charge is -2.16. The molecule has 1 N–H and O–H groups in total. The largest absolute Gasteiger partial charge is 0.454 e. The molecular formula is C17H20N2O3S. The number of aryl methyl sites for hydroxylation is 1. The summed E-state index contributed by atoms with van der Waals surface area (Å²) in [5, 5.41) is 5.02. The Bertz CT molecular complexity index is 699. The third kappa shape index (κ3) is 4.03. The topological polar surface area (TPSA) is 50.8 Å². The third-order valence-electron chi connectivity index (χ3n) is 3.72. The van der Waals surface area contributed by atoms with Crippen molar-refractivity contribution >= 4 is 17.2 Å². The Morgan fingerprint density at radius 3 is 2.91 bits per heavy atom. The first-order chi connectivity index (χ1) is 11.1. The number of rotatable bonds is 6. The number of thiophene rings is 1. The van der Waals surface area contributed by atoms with Crippen molar-refractivity contribution in [3.05, 3.63) is 45.6 Å². The summed E-state index contributed by atoms with van der Waals surface area (Å²) >= 11 is 1.73. The highest BCUT2D eigenvalue weighted by molar-refractivity contribution is 7.10. The summed E-state index contributed by atoms with van der Waals surface area (Å²) in [6, 6.07) is 7.82. The Balaban J connectivity index is 1.47. The molecule has 0 bridgehead atoms. The lowest BCUT2D eigenvalue weighted by atomic mass is 10.2. The van der Waals surface area contributed by atoms with Crippen molar-refractivity contribution in [2.75, 3.05) is 20.4 Å². The molecule has 3 rings (SSSR count).